The lowest BCUT2D eigenvalue weighted by atomic mass is 10.1. The molecule has 0 amide bonds. The van der Waals surface area contributed by atoms with Crippen LogP contribution in [0.1, 0.15) is 5.69 Å². The van der Waals surface area contributed by atoms with Crippen molar-refractivity contribution in [3.63, 3.8) is 0 Å². The SMILES string of the molecule is Cc1cc(Nc2ccc(Nc3cc(-c4ccccc4)ncn3)cc2)nc(Cl)n1. The lowest BCUT2D eigenvalue weighted by Gasteiger charge is -2.10. The molecule has 7 heteroatoms. The number of benzene rings is 2. The first kappa shape index (κ1) is 17.9. The molecule has 4 aromatic rings. The first-order valence-electron chi connectivity index (χ1n) is 8.68. The van der Waals surface area contributed by atoms with E-state index in [9.17, 15) is 0 Å². The fourth-order valence-electron chi connectivity index (χ4n) is 2.72. The van der Waals surface area contributed by atoms with Gasteiger partial charge in [-0.3, -0.25) is 0 Å². The largest absolute Gasteiger partial charge is 0.340 e. The Labute approximate surface area is 167 Å². The van der Waals surface area contributed by atoms with Crippen LogP contribution in [0.2, 0.25) is 5.28 Å². The molecule has 0 saturated heterocycles. The number of hydrogen-bond donors (Lipinski definition) is 2. The van der Waals surface area contributed by atoms with Crippen LogP contribution in [0.3, 0.4) is 0 Å². The van der Waals surface area contributed by atoms with Crippen molar-refractivity contribution in [2.24, 2.45) is 0 Å². The molecule has 0 fully saturated rings. The topological polar surface area (TPSA) is 75.6 Å². The van der Waals surface area contributed by atoms with Gasteiger partial charge in [0.05, 0.1) is 5.69 Å². The highest BCUT2D eigenvalue weighted by atomic mass is 35.5. The number of aromatic nitrogens is 4. The van der Waals surface area contributed by atoms with Crippen LogP contribution in [0.25, 0.3) is 11.3 Å². The zero-order valence-electron chi connectivity index (χ0n) is 15.1. The minimum absolute atomic E-state index is 0.221. The second-order valence-corrected chi connectivity index (χ2v) is 6.48. The summed E-state index contributed by atoms with van der Waals surface area (Å²) in [7, 11) is 0. The van der Waals surface area contributed by atoms with Gasteiger partial charge >= 0.3 is 0 Å². The molecule has 0 radical (unpaired) electrons. The van der Waals surface area contributed by atoms with Crippen molar-refractivity contribution in [2.75, 3.05) is 10.6 Å². The maximum Gasteiger partial charge on any atom is 0.224 e. The van der Waals surface area contributed by atoms with E-state index in [0.717, 1.165) is 34.1 Å². The van der Waals surface area contributed by atoms with Gasteiger partial charge in [0.25, 0.3) is 0 Å². The van der Waals surface area contributed by atoms with Crippen LogP contribution >= 0.6 is 11.6 Å². The van der Waals surface area contributed by atoms with Gasteiger partial charge in [-0.1, -0.05) is 30.3 Å². The second kappa shape index (κ2) is 8.02. The molecule has 6 nitrogen and oxygen atoms in total. The van der Waals surface area contributed by atoms with E-state index >= 15 is 0 Å². The Balaban J connectivity index is 1.47. The molecule has 2 aromatic heterocycles. The zero-order valence-corrected chi connectivity index (χ0v) is 15.9. The second-order valence-electron chi connectivity index (χ2n) is 6.15. The molecule has 0 aliphatic heterocycles. The van der Waals surface area contributed by atoms with E-state index in [2.05, 4.69) is 30.6 Å². The van der Waals surface area contributed by atoms with Gasteiger partial charge in [-0.05, 0) is 42.8 Å². The third kappa shape index (κ3) is 4.42. The number of halogens is 1. The maximum absolute atomic E-state index is 5.90. The number of nitrogens with zero attached hydrogens (tertiary/aromatic N) is 4. The number of aryl methyl sites for hydroxylation is 1. The molecule has 4 rings (SSSR count). The van der Waals surface area contributed by atoms with Crippen molar-refractivity contribution in [3.05, 3.63) is 84.0 Å². The molecule has 2 aromatic carbocycles. The van der Waals surface area contributed by atoms with Gasteiger partial charge in [0.15, 0.2) is 0 Å². The van der Waals surface area contributed by atoms with Crippen LogP contribution in [-0.2, 0) is 0 Å². The molecule has 0 saturated carbocycles. The van der Waals surface area contributed by atoms with Crippen molar-refractivity contribution < 1.29 is 0 Å². The average Bonchev–Trinajstić information content (AvgIpc) is 2.70. The highest BCUT2D eigenvalue weighted by molar-refractivity contribution is 6.28. The summed E-state index contributed by atoms with van der Waals surface area (Å²) in [6.45, 7) is 1.87. The maximum atomic E-state index is 5.90. The van der Waals surface area contributed by atoms with Crippen LogP contribution in [-0.4, -0.2) is 19.9 Å². The summed E-state index contributed by atoms with van der Waals surface area (Å²) < 4.78 is 0. The van der Waals surface area contributed by atoms with Crippen molar-refractivity contribution in [3.8, 4) is 11.3 Å². The summed E-state index contributed by atoms with van der Waals surface area (Å²) in [4.78, 5) is 16.9. The van der Waals surface area contributed by atoms with E-state index in [1.165, 1.54) is 0 Å². The Morgan fingerprint density at radius 1 is 0.750 bits per heavy atom. The lowest BCUT2D eigenvalue weighted by molar-refractivity contribution is 1.10. The summed E-state index contributed by atoms with van der Waals surface area (Å²) in [5, 5.41) is 6.74. The summed E-state index contributed by atoms with van der Waals surface area (Å²) in [6, 6.07) is 21.6. The van der Waals surface area contributed by atoms with Gasteiger partial charge in [-0.2, -0.15) is 0 Å². The molecule has 138 valence electrons. The highest BCUT2D eigenvalue weighted by Gasteiger charge is 2.04. The van der Waals surface area contributed by atoms with E-state index in [4.69, 9.17) is 11.6 Å². The molecular formula is C21H17ClN6. The van der Waals surface area contributed by atoms with Gasteiger partial charge in [0.2, 0.25) is 5.28 Å². The van der Waals surface area contributed by atoms with Crippen LogP contribution < -0.4 is 10.6 Å². The van der Waals surface area contributed by atoms with E-state index in [0.29, 0.717) is 5.82 Å². The van der Waals surface area contributed by atoms with Crippen LogP contribution in [0.4, 0.5) is 23.0 Å². The smallest absolute Gasteiger partial charge is 0.224 e. The number of hydrogen-bond acceptors (Lipinski definition) is 6. The standard InChI is InChI=1S/C21H17ClN6/c1-14-11-20(28-21(22)25-14)27-17-9-7-16(8-10-17)26-19-12-18(23-13-24-19)15-5-3-2-4-6-15/h2-13H,1H3,(H,23,24,26)(H,25,27,28). The molecule has 0 aliphatic rings. The predicted molar refractivity (Wildman–Crippen MR) is 112 cm³/mol. The van der Waals surface area contributed by atoms with Crippen LogP contribution in [0, 0.1) is 6.92 Å². The summed E-state index contributed by atoms with van der Waals surface area (Å²) >= 11 is 5.90. The predicted octanol–water partition coefficient (Wildman–Crippen LogP) is 5.38. The first-order valence-corrected chi connectivity index (χ1v) is 9.06. The van der Waals surface area contributed by atoms with E-state index in [-0.39, 0.29) is 5.28 Å². The molecule has 0 atom stereocenters. The minimum atomic E-state index is 0.221. The van der Waals surface area contributed by atoms with Gasteiger partial charge in [-0.15, -0.1) is 0 Å². The Bertz CT molecular complexity index is 1060. The normalized spacial score (nSPS) is 10.5. The quantitative estimate of drug-likeness (QED) is 0.447. The Kier molecular flexibility index (Phi) is 5.12. The Morgan fingerprint density at radius 3 is 2.11 bits per heavy atom. The van der Waals surface area contributed by atoms with Crippen molar-refractivity contribution >= 4 is 34.6 Å². The fourth-order valence-corrected chi connectivity index (χ4v) is 2.95. The summed E-state index contributed by atoms with van der Waals surface area (Å²) in [5.41, 5.74) is 4.53. The summed E-state index contributed by atoms with van der Waals surface area (Å²) in [6.07, 6.45) is 1.56. The van der Waals surface area contributed by atoms with E-state index < -0.39 is 0 Å². The van der Waals surface area contributed by atoms with Crippen molar-refractivity contribution in [2.45, 2.75) is 6.92 Å². The van der Waals surface area contributed by atoms with E-state index in [1.807, 2.05) is 73.7 Å². The molecule has 2 N–H and O–H groups in total. The van der Waals surface area contributed by atoms with Gasteiger partial charge in [0.1, 0.15) is 18.0 Å². The number of anilines is 4. The lowest BCUT2D eigenvalue weighted by Crippen LogP contribution is -1.98. The molecule has 0 spiro atoms. The highest BCUT2D eigenvalue weighted by Crippen LogP contribution is 2.23. The van der Waals surface area contributed by atoms with Crippen molar-refractivity contribution in [1.29, 1.82) is 0 Å². The Hall–Kier alpha value is -3.51. The minimum Gasteiger partial charge on any atom is -0.340 e. The summed E-state index contributed by atoms with van der Waals surface area (Å²) in [5.74, 6) is 1.38. The van der Waals surface area contributed by atoms with Gasteiger partial charge in [0, 0.05) is 34.8 Å². The average molecular weight is 389 g/mol. The zero-order chi connectivity index (χ0) is 19.3. The fraction of sp³-hybridized carbons (Fsp3) is 0.0476. The van der Waals surface area contributed by atoms with E-state index in [1.54, 1.807) is 6.33 Å². The van der Waals surface area contributed by atoms with Crippen LogP contribution in [0.15, 0.2) is 73.1 Å². The van der Waals surface area contributed by atoms with Gasteiger partial charge < -0.3 is 10.6 Å². The molecule has 0 bridgehead atoms. The van der Waals surface area contributed by atoms with Gasteiger partial charge in [-0.25, -0.2) is 19.9 Å². The molecule has 0 aliphatic carbocycles. The third-order valence-electron chi connectivity index (χ3n) is 3.99. The van der Waals surface area contributed by atoms with Crippen molar-refractivity contribution in [1.82, 2.24) is 19.9 Å². The first-order chi connectivity index (χ1) is 13.7. The molecule has 28 heavy (non-hydrogen) atoms. The molecule has 0 unspecified atom stereocenters. The number of rotatable bonds is 5. The monoisotopic (exact) mass is 388 g/mol. The Morgan fingerprint density at radius 2 is 1.43 bits per heavy atom. The molecule has 2 heterocycles. The number of nitrogens with one attached hydrogen (secondary N) is 2. The van der Waals surface area contributed by atoms with Crippen LogP contribution in [0.5, 0.6) is 0 Å². The molecular weight excluding hydrogens is 372 g/mol. The third-order valence-corrected chi connectivity index (χ3v) is 4.16.